The lowest BCUT2D eigenvalue weighted by molar-refractivity contribution is 0.457. The molecule has 1 saturated heterocycles. The number of thioether (sulfide) groups is 1. The fourth-order valence-corrected chi connectivity index (χ4v) is 3.41. The summed E-state index contributed by atoms with van der Waals surface area (Å²) in [5, 5.41) is 11.8. The van der Waals surface area contributed by atoms with Gasteiger partial charge in [-0.2, -0.15) is 16.7 Å². The Labute approximate surface area is 92.2 Å². The molecule has 1 aliphatic rings. The fraction of sp³-hybridized carbons (Fsp3) is 0.667. The van der Waals surface area contributed by atoms with Crippen molar-refractivity contribution in [2.75, 3.05) is 23.7 Å². The standard InChI is InChI=1S/C9H14N2OS2/c1-9(2)6-11(3-4-14-9)8-10-7(12)5-13-8/h5,12H,3-4,6H2,1-2H3. The van der Waals surface area contributed by atoms with Crippen molar-refractivity contribution in [1.29, 1.82) is 0 Å². The molecule has 1 aromatic rings. The maximum absolute atomic E-state index is 9.18. The van der Waals surface area contributed by atoms with Gasteiger partial charge in [0.15, 0.2) is 5.13 Å². The van der Waals surface area contributed by atoms with Gasteiger partial charge in [-0.25, -0.2) is 0 Å². The van der Waals surface area contributed by atoms with E-state index in [4.69, 9.17) is 0 Å². The molecule has 0 atom stereocenters. The predicted octanol–water partition coefficient (Wildman–Crippen LogP) is 2.18. The second kappa shape index (κ2) is 3.62. The molecule has 3 nitrogen and oxygen atoms in total. The molecule has 0 aromatic carbocycles. The van der Waals surface area contributed by atoms with E-state index in [9.17, 15) is 5.11 Å². The Morgan fingerprint density at radius 1 is 1.57 bits per heavy atom. The van der Waals surface area contributed by atoms with E-state index in [-0.39, 0.29) is 5.88 Å². The Balaban J connectivity index is 2.12. The van der Waals surface area contributed by atoms with Gasteiger partial charge in [0.2, 0.25) is 5.88 Å². The number of hydrogen-bond donors (Lipinski definition) is 1. The van der Waals surface area contributed by atoms with Crippen LogP contribution in [0.3, 0.4) is 0 Å². The molecule has 0 bridgehead atoms. The maximum atomic E-state index is 9.18. The number of anilines is 1. The summed E-state index contributed by atoms with van der Waals surface area (Å²) >= 11 is 3.51. The quantitative estimate of drug-likeness (QED) is 0.802. The third kappa shape index (κ3) is 2.15. The molecular weight excluding hydrogens is 216 g/mol. The van der Waals surface area contributed by atoms with E-state index in [0.29, 0.717) is 4.75 Å². The molecule has 0 radical (unpaired) electrons. The molecule has 1 aromatic heterocycles. The van der Waals surface area contributed by atoms with Gasteiger partial charge in [-0.05, 0) is 13.8 Å². The first-order valence-electron chi connectivity index (χ1n) is 4.60. The third-order valence-corrected chi connectivity index (χ3v) is 4.36. The largest absolute Gasteiger partial charge is 0.493 e. The summed E-state index contributed by atoms with van der Waals surface area (Å²) in [6, 6.07) is 0. The molecule has 0 aliphatic carbocycles. The van der Waals surface area contributed by atoms with Crippen LogP contribution >= 0.6 is 23.1 Å². The minimum Gasteiger partial charge on any atom is -0.493 e. The minimum absolute atomic E-state index is 0.140. The van der Waals surface area contributed by atoms with Crippen LogP contribution in [0.1, 0.15) is 13.8 Å². The lowest BCUT2D eigenvalue weighted by atomic mass is 10.2. The van der Waals surface area contributed by atoms with E-state index >= 15 is 0 Å². The van der Waals surface area contributed by atoms with Crippen LogP contribution in [0, 0.1) is 0 Å². The van der Waals surface area contributed by atoms with Gasteiger partial charge >= 0.3 is 0 Å². The molecule has 0 unspecified atom stereocenters. The van der Waals surface area contributed by atoms with Crippen LogP contribution in [-0.2, 0) is 0 Å². The molecule has 0 amide bonds. The van der Waals surface area contributed by atoms with Gasteiger partial charge in [-0.15, -0.1) is 11.3 Å². The van der Waals surface area contributed by atoms with Crippen molar-refractivity contribution in [3.63, 3.8) is 0 Å². The molecule has 2 heterocycles. The monoisotopic (exact) mass is 230 g/mol. The smallest absolute Gasteiger partial charge is 0.223 e. The normalized spacial score (nSPS) is 21.1. The van der Waals surface area contributed by atoms with Crippen LogP contribution in [-0.4, -0.2) is 33.7 Å². The number of aromatic nitrogens is 1. The van der Waals surface area contributed by atoms with Gasteiger partial charge in [0.25, 0.3) is 0 Å². The Morgan fingerprint density at radius 3 is 2.93 bits per heavy atom. The molecular formula is C9H14N2OS2. The SMILES string of the molecule is CC1(C)CN(c2nc(O)cs2)CCS1. The summed E-state index contributed by atoms with van der Waals surface area (Å²) in [5.74, 6) is 1.27. The van der Waals surface area contributed by atoms with E-state index in [0.717, 1.165) is 24.0 Å². The van der Waals surface area contributed by atoms with Crippen molar-refractivity contribution in [3.05, 3.63) is 5.38 Å². The topological polar surface area (TPSA) is 36.4 Å². The van der Waals surface area contributed by atoms with Crippen LogP contribution < -0.4 is 4.90 Å². The summed E-state index contributed by atoms with van der Waals surface area (Å²) in [6.07, 6.45) is 0. The average Bonchev–Trinajstić information content (AvgIpc) is 2.50. The van der Waals surface area contributed by atoms with Gasteiger partial charge < -0.3 is 10.0 Å². The summed E-state index contributed by atoms with van der Waals surface area (Å²) in [4.78, 5) is 6.34. The maximum Gasteiger partial charge on any atom is 0.223 e. The van der Waals surface area contributed by atoms with Gasteiger partial charge in [0, 0.05) is 23.6 Å². The number of aromatic hydroxyl groups is 1. The van der Waals surface area contributed by atoms with E-state index in [1.165, 1.54) is 11.3 Å². The van der Waals surface area contributed by atoms with Crippen molar-refractivity contribution in [2.24, 2.45) is 0 Å². The van der Waals surface area contributed by atoms with Gasteiger partial charge in [-0.3, -0.25) is 0 Å². The summed E-state index contributed by atoms with van der Waals surface area (Å²) in [6.45, 7) is 6.53. The molecule has 14 heavy (non-hydrogen) atoms. The van der Waals surface area contributed by atoms with Crippen molar-refractivity contribution >= 4 is 28.2 Å². The van der Waals surface area contributed by atoms with E-state index in [1.807, 2.05) is 11.8 Å². The second-order valence-electron chi connectivity index (χ2n) is 4.02. The van der Waals surface area contributed by atoms with Crippen LogP contribution in [0.25, 0.3) is 0 Å². The molecule has 78 valence electrons. The van der Waals surface area contributed by atoms with E-state index in [2.05, 4.69) is 23.7 Å². The lowest BCUT2D eigenvalue weighted by Gasteiger charge is -2.37. The zero-order valence-electron chi connectivity index (χ0n) is 8.36. The van der Waals surface area contributed by atoms with Crippen molar-refractivity contribution in [1.82, 2.24) is 4.98 Å². The zero-order valence-corrected chi connectivity index (χ0v) is 9.99. The van der Waals surface area contributed by atoms with Crippen LogP contribution in [0.4, 0.5) is 5.13 Å². The fourth-order valence-electron chi connectivity index (χ4n) is 1.58. The number of hydrogen-bond acceptors (Lipinski definition) is 5. The number of thiazole rings is 1. The first-order valence-corrected chi connectivity index (χ1v) is 6.47. The van der Waals surface area contributed by atoms with Crippen LogP contribution in [0.2, 0.25) is 0 Å². The second-order valence-corrected chi connectivity index (χ2v) is 6.66. The van der Waals surface area contributed by atoms with E-state index in [1.54, 1.807) is 5.38 Å². The first kappa shape index (κ1) is 10.1. The Kier molecular flexibility index (Phi) is 2.62. The summed E-state index contributed by atoms with van der Waals surface area (Å²) in [5.41, 5.74) is 0. The first-order chi connectivity index (χ1) is 6.57. The highest BCUT2D eigenvalue weighted by Gasteiger charge is 2.28. The molecule has 1 N–H and O–H groups in total. The minimum atomic E-state index is 0.140. The molecule has 1 fully saturated rings. The van der Waals surface area contributed by atoms with Gasteiger partial charge in [-0.1, -0.05) is 0 Å². The third-order valence-electron chi connectivity index (χ3n) is 2.18. The predicted molar refractivity (Wildman–Crippen MR) is 62.5 cm³/mol. The highest BCUT2D eigenvalue weighted by molar-refractivity contribution is 8.00. The highest BCUT2D eigenvalue weighted by atomic mass is 32.2. The molecule has 0 saturated carbocycles. The Bertz CT molecular complexity index is 324. The number of rotatable bonds is 1. The van der Waals surface area contributed by atoms with Crippen molar-refractivity contribution in [3.8, 4) is 5.88 Å². The highest BCUT2D eigenvalue weighted by Crippen LogP contribution is 2.34. The van der Waals surface area contributed by atoms with Crippen LogP contribution in [0.15, 0.2) is 5.38 Å². The van der Waals surface area contributed by atoms with Crippen molar-refractivity contribution < 1.29 is 5.11 Å². The molecule has 5 heteroatoms. The number of nitrogens with zero attached hydrogens (tertiary/aromatic N) is 2. The molecule has 1 aliphatic heterocycles. The Hall–Kier alpha value is -0.420. The summed E-state index contributed by atoms with van der Waals surface area (Å²) in [7, 11) is 0. The van der Waals surface area contributed by atoms with Crippen molar-refractivity contribution in [2.45, 2.75) is 18.6 Å². The molecule has 2 rings (SSSR count). The zero-order chi connectivity index (χ0) is 10.2. The average molecular weight is 230 g/mol. The van der Waals surface area contributed by atoms with Gasteiger partial charge in [0.05, 0.1) is 5.38 Å². The summed E-state index contributed by atoms with van der Waals surface area (Å²) < 4.78 is 0.291. The lowest BCUT2D eigenvalue weighted by Crippen LogP contribution is -2.43. The molecule has 0 spiro atoms. The van der Waals surface area contributed by atoms with Gasteiger partial charge in [0.1, 0.15) is 0 Å². The Morgan fingerprint density at radius 2 is 2.36 bits per heavy atom. The van der Waals surface area contributed by atoms with Crippen LogP contribution in [0.5, 0.6) is 5.88 Å². The van der Waals surface area contributed by atoms with E-state index < -0.39 is 0 Å².